The van der Waals surface area contributed by atoms with Crippen LogP contribution in [0.3, 0.4) is 0 Å². The maximum atomic E-state index is 11.6. The van der Waals surface area contributed by atoms with Gasteiger partial charge in [0.2, 0.25) is 0 Å². The molecule has 0 radical (unpaired) electrons. The number of carbonyl (C=O) groups is 1. The predicted octanol–water partition coefficient (Wildman–Crippen LogP) is 1.24. The van der Waals surface area contributed by atoms with Crippen molar-refractivity contribution in [3.63, 3.8) is 0 Å². The van der Waals surface area contributed by atoms with Crippen LogP contribution in [0.2, 0.25) is 0 Å². The number of hydrogen-bond donors (Lipinski definition) is 2. The number of rotatable bonds is 4. The van der Waals surface area contributed by atoms with Gasteiger partial charge in [-0.05, 0) is 32.0 Å². The summed E-state index contributed by atoms with van der Waals surface area (Å²) in [6, 6.07) is 0. The third kappa shape index (κ3) is 5.42. The first-order valence-corrected chi connectivity index (χ1v) is 8.22. The number of piperidine rings is 1. The molecule has 0 unspecified atom stereocenters. The molecule has 2 rings (SSSR count). The summed E-state index contributed by atoms with van der Waals surface area (Å²) in [7, 11) is 0. The van der Waals surface area contributed by atoms with Crippen molar-refractivity contribution in [2.75, 3.05) is 32.8 Å². The Labute approximate surface area is 136 Å². The van der Waals surface area contributed by atoms with Gasteiger partial charge in [-0.3, -0.25) is 5.43 Å². The summed E-state index contributed by atoms with van der Waals surface area (Å²) >= 11 is 5.19. The Morgan fingerprint density at radius 2 is 2.27 bits per heavy atom. The largest absolute Gasteiger partial charge is 0.450 e. The number of nitrogens with zero attached hydrogens (tertiary/aromatic N) is 2. The highest BCUT2D eigenvalue weighted by Crippen LogP contribution is 2.10. The number of hydrogen-bond acceptors (Lipinski definition) is 5. The second-order valence-electron chi connectivity index (χ2n) is 5.32. The quantitative estimate of drug-likeness (QED) is 0.597. The molecule has 124 valence electrons. The zero-order valence-electron chi connectivity index (χ0n) is 13.0. The summed E-state index contributed by atoms with van der Waals surface area (Å²) in [6.45, 7) is 5.04. The molecular weight excluding hydrogens is 304 g/mol. The lowest BCUT2D eigenvalue weighted by Gasteiger charge is -2.26. The molecule has 0 aromatic carbocycles. The molecule has 2 aliphatic rings. The van der Waals surface area contributed by atoms with Crippen LogP contribution in [0, 0.1) is 0 Å². The molecule has 0 saturated carbocycles. The molecule has 8 heteroatoms. The molecule has 0 bridgehead atoms. The molecule has 2 saturated heterocycles. The van der Waals surface area contributed by atoms with Gasteiger partial charge in [-0.25, -0.2) is 4.79 Å². The maximum absolute atomic E-state index is 11.6. The summed E-state index contributed by atoms with van der Waals surface area (Å²) in [4.78, 5) is 13.3. The standard InChI is InChI=1S/C14H24N4O3S/c1-2-20-14(19)18-7-5-11(6-8-18)16-17-13(22)15-10-12-4-3-9-21-12/h12H,2-10H2,1H3,(H2,15,17,22)/t12-/m1/s1. The third-order valence-corrected chi connectivity index (χ3v) is 3.93. The Morgan fingerprint density at radius 3 is 2.91 bits per heavy atom. The normalized spacial score (nSPS) is 21.4. The van der Waals surface area contributed by atoms with Gasteiger partial charge in [-0.2, -0.15) is 5.10 Å². The van der Waals surface area contributed by atoms with E-state index in [1.807, 2.05) is 6.92 Å². The van der Waals surface area contributed by atoms with Gasteiger partial charge in [-0.15, -0.1) is 0 Å². The van der Waals surface area contributed by atoms with Crippen LogP contribution in [0.25, 0.3) is 0 Å². The molecule has 2 N–H and O–H groups in total. The average Bonchev–Trinajstić information content (AvgIpc) is 3.05. The zero-order chi connectivity index (χ0) is 15.8. The molecule has 0 spiro atoms. The van der Waals surface area contributed by atoms with Crippen molar-refractivity contribution >= 4 is 29.1 Å². The smallest absolute Gasteiger partial charge is 0.409 e. The first-order chi connectivity index (χ1) is 10.7. The number of thiocarbonyl (C=S) groups is 1. The molecule has 0 aromatic rings. The summed E-state index contributed by atoms with van der Waals surface area (Å²) in [5.41, 5.74) is 3.88. The van der Waals surface area contributed by atoms with Crippen molar-refractivity contribution < 1.29 is 14.3 Å². The van der Waals surface area contributed by atoms with Crippen molar-refractivity contribution in [1.29, 1.82) is 0 Å². The van der Waals surface area contributed by atoms with Crippen LogP contribution in [-0.4, -0.2) is 60.8 Å². The minimum absolute atomic E-state index is 0.247. The molecule has 1 atom stereocenters. The van der Waals surface area contributed by atoms with Gasteiger partial charge in [0, 0.05) is 44.8 Å². The van der Waals surface area contributed by atoms with E-state index in [0.717, 1.165) is 38.0 Å². The van der Waals surface area contributed by atoms with Crippen LogP contribution in [0.4, 0.5) is 4.79 Å². The molecule has 0 aromatic heterocycles. The predicted molar refractivity (Wildman–Crippen MR) is 88.0 cm³/mol. The number of ether oxygens (including phenoxy) is 2. The number of carbonyl (C=O) groups excluding carboxylic acids is 1. The van der Waals surface area contributed by atoms with Crippen molar-refractivity contribution in [3.05, 3.63) is 0 Å². The van der Waals surface area contributed by atoms with Gasteiger partial charge >= 0.3 is 6.09 Å². The van der Waals surface area contributed by atoms with Gasteiger partial charge in [-0.1, -0.05) is 0 Å². The van der Waals surface area contributed by atoms with E-state index in [4.69, 9.17) is 21.7 Å². The molecule has 2 aliphatic heterocycles. The molecule has 2 heterocycles. The van der Waals surface area contributed by atoms with Gasteiger partial charge in [0.1, 0.15) is 0 Å². The van der Waals surface area contributed by atoms with Crippen molar-refractivity contribution in [1.82, 2.24) is 15.6 Å². The fourth-order valence-electron chi connectivity index (χ4n) is 2.46. The van der Waals surface area contributed by atoms with E-state index >= 15 is 0 Å². The van der Waals surface area contributed by atoms with Gasteiger partial charge < -0.3 is 19.7 Å². The highest BCUT2D eigenvalue weighted by molar-refractivity contribution is 7.80. The Balaban J connectivity index is 1.64. The third-order valence-electron chi connectivity index (χ3n) is 3.70. The first-order valence-electron chi connectivity index (χ1n) is 7.81. The summed E-state index contributed by atoms with van der Waals surface area (Å²) in [5, 5.41) is 7.93. The lowest BCUT2D eigenvalue weighted by atomic mass is 10.1. The Bertz CT molecular complexity index is 414. The van der Waals surface area contributed by atoms with Crippen LogP contribution < -0.4 is 10.7 Å². The summed E-state index contributed by atoms with van der Waals surface area (Å²) in [5.74, 6) is 0. The molecule has 1 amide bonds. The Hall–Kier alpha value is -1.41. The molecular formula is C14H24N4O3S. The van der Waals surface area contributed by atoms with Crippen molar-refractivity contribution in [3.8, 4) is 0 Å². The summed E-state index contributed by atoms with van der Waals surface area (Å²) in [6.07, 6.45) is 3.67. The van der Waals surface area contributed by atoms with E-state index in [2.05, 4.69) is 15.8 Å². The first kappa shape index (κ1) is 17.0. The van der Waals surface area contributed by atoms with Crippen LogP contribution in [0.1, 0.15) is 32.6 Å². The second-order valence-corrected chi connectivity index (χ2v) is 5.73. The van der Waals surface area contributed by atoms with E-state index < -0.39 is 0 Å². The number of likely N-dealkylation sites (tertiary alicyclic amines) is 1. The zero-order valence-corrected chi connectivity index (χ0v) is 13.8. The van der Waals surface area contributed by atoms with Crippen LogP contribution >= 0.6 is 12.2 Å². The van der Waals surface area contributed by atoms with Crippen molar-refractivity contribution in [2.24, 2.45) is 5.10 Å². The highest BCUT2D eigenvalue weighted by Gasteiger charge is 2.20. The van der Waals surface area contributed by atoms with E-state index in [-0.39, 0.29) is 12.2 Å². The number of hydrazone groups is 1. The summed E-state index contributed by atoms with van der Waals surface area (Å²) < 4.78 is 10.5. The van der Waals surface area contributed by atoms with E-state index in [1.54, 1.807) is 4.90 Å². The lowest BCUT2D eigenvalue weighted by molar-refractivity contribution is 0.107. The monoisotopic (exact) mass is 328 g/mol. The number of nitrogens with one attached hydrogen (secondary N) is 2. The Kier molecular flexibility index (Phi) is 6.85. The van der Waals surface area contributed by atoms with Crippen molar-refractivity contribution in [2.45, 2.75) is 38.7 Å². The van der Waals surface area contributed by atoms with Gasteiger partial charge in [0.25, 0.3) is 0 Å². The van der Waals surface area contributed by atoms with E-state index in [1.165, 1.54) is 0 Å². The van der Waals surface area contributed by atoms with E-state index in [0.29, 0.717) is 31.4 Å². The Morgan fingerprint density at radius 1 is 1.50 bits per heavy atom. The minimum atomic E-state index is -0.247. The van der Waals surface area contributed by atoms with Crippen LogP contribution in [0.15, 0.2) is 5.10 Å². The topological polar surface area (TPSA) is 75.2 Å². The minimum Gasteiger partial charge on any atom is -0.450 e. The molecule has 0 aliphatic carbocycles. The fourth-order valence-corrected chi connectivity index (χ4v) is 2.58. The molecule has 22 heavy (non-hydrogen) atoms. The average molecular weight is 328 g/mol. The fraction of sp³-hybridized carbons (Fsp3) is 0.786. The molecule has 7 nitrogen and oxygen atoms in total. The second kappa shape index (κ2) is 8.89. The molecule has 2 fully saturated rings. The van der Waals surface area contributed by atoms with Gasteiger partial charge in [0.05, 0.1) is 12.7 Å². The number of amides is 1. The SMILES string of the molecule is CCOC(=O)N1CCC(=NNC(=S)NC[C@H]2CCCO2)CC1. The highest BCUT2D eigenvalue weighted by atomic mass is 32.1. The van der Waals surface area contributed by atoms with Crippen LogP contribution in [0.5, 0.6) is 0 Å². The maximum Gasteiger partial charge on any atom is 0.409 e. The van der Waals surface area contributed by atoms with E-state index in [9.17, 15) is 4.79 Å². The van der Waals surface area contributed by atoms with Gasteiger partial charge in [0.15, 0.2) is 5.11 Å². The van der Waals surface area contributed by atoms with Crippen LogP contribution in [-0.2, 0) is 9.47 Å². The lowest BCUT2D eigenvalue weighted by Crippen LogP contribution is -2.41.